The zero-order chi connectivity index (χ0) is 21.0. The normalized spacial score (nSPS) is 10.5. The van der Waals surface area contributed by atoms with Crippen molar-refractivity contribution in [1.29, 1.82) is 5.26 Å². The molecular weight excluding hydrogens is 380 g/mol. The van der Waals surface area contributed by atoms with Crippen molar-refractivity contribution < 1.29 is 0 Å². The molecule has 4 nitrogen and oxygen atoms in total. The number of nitrogens with zero attached hydrogens (tertiary/aromatic N) is 4. The lowest BCUT2D eigenvalue weighted by Crippen LogP contribution is -2.04. The van der Waals surface area contributed by atoms with Gasteiger partial charge in [0.05, 0.1) is 23.0 Å². The number of fused-ring (bicyclic) bond motifs is 1. The minimum atomic E-state index is 0.587. The van der Waals surface area contributed by atoms with Crippen molar-refractivity contribution in [3.8, 4) is 17.2 Å². The van der Waals surface area contributed by atoms with Crippen LogP contribution in [0.3, 0.4) is 0 Å². The summed E-state index contributed by atoms with van der Waals surface area (Å²) in [5.41, 5.74) is 6.02. The molecule has 0 unspecified atom stereocenters. The van der Waals surface area contributed by atoms with Gasteiger partial charge in [-0.25, -0.2) is 9.51 Å². The molecule has 0 spiro atoms. The topological polar surface area (TPSA) is 53.5 Å². The fraction of sp³-hybridized carbons (Fsp3) is 0. The molecule has 4 heteroatoms. The summed E-state index contributed by atoms with van der Waals surface area (Å²) >= 11 is 0. The van der Waals surface area contributed by atoms with Crippen LogP contribution in [0, 0.1) is 11.3 Å². The van der Waals surface area contributed by atoms with Gasteiger partial charge in [-0.15, -0.1) is 0 Å². The van der Waals surface area contributed by atoms with E-state index in [0.29, 0.717) is 11.4 Å². The van der Waals surface area contributed by atoms with Gasteiger partial charge < -0.3 is 0 Å². The van der Waals surface area contributed by atoms with E-state index in [0.717, 1.165) is 33.5 Å². The standard InChI is InChI=1S/C27H18N4/c28-19-24-23(20-10-4-1-5-11-20)18-26(31-25(24)16-17-29-31)30-27(21-12-6-2-7-13-21)22-14-8-3-9-15-22/h1-18H. The van der Waals surface area contributed by atoms with Crippen molar-refractivity contribution in [2.45, 2.75) is 0 Å². The number of rotatable bonds is 4. The van der Waals surface area contributed by atoms with Crippen LogP contribution in [0.25, 0.3) is 16.6 Å². The molecule has 2 heterocycles. The van der Waals surface area contributed by atoms with Crippen molar-refractivity contribution in [2.75, 3.05) is 0 Å². The second-order valence-electron chi connectivity index (χ2n) is 7.09. The third-order valence-electron chi connectivity index (χ3n) is 5.18. The Morgan fingerprint density at radius 1 is 0.774 bits per heavy atom. The second-order valence-corrected chi connectivity index (χ2v) is 7.09. The highest BCUT2D eigenvalue weighted by Crippen LogP contribution is 2.32. The molecule has 5 aromatic rings. The number of hydrogen-bond acceptors (Lipinski definition) is 3. The first-order chi connectivity index (χ1) is 15.3. The molecule has 0 aliphatic carbocycles. The number of hydrogen-bond donors (Lipinski definition) is 0. The van der Waals surface area contributed by atoms with E-state index in [1.54, 1.807) is 10.7 Å². The van der Waals surface area contributed by atoms with Crippen molar-refractivity contribution >= 4 is 17.0 Å². The van der Waals surface area contributed by atoms with E-state index in [-0.39, 0.29) is 0 Å². The summed E-state index contributed by atoms with van der Waals surface area (Å²) in [5, 5.41) is 14.4. The van der Waals surface area contributed by atoms with Crippen LogP contribution in [0.15, 0.2) is 114 Å². The highest BCUT2D eigenvalue weighted by Gasteiger charge is 2.15. The summed E-state index contributed by atoms with van der Waals surface area (Å²) in [6, 6.07) is 36.3. The molecule has 0 aliphatic heterocycles. The quantitative estimate of drug-likeness (QED) is 0.346. The van der Waals surface area contributed by atoms with E-state index in [1.807, 2.05) is 103 Å². The van der Waals surface area contributed by atoms with Crippen molar-refractivity contribution in [2.24, 2.45) is 4.99 Å². The maximum Gasteiger partial charge on any atom is 0.155 e. The molecule has 0 N–H and O–H groups in total. The van der Waals surface area contributed by atoms with E-state index in [1.165, 1.54) is 0 Å². The predicted molar refractivity (Wildman–Crippen MR) is 124 cm³/mol. The molecule has 146 valence electrons. The Hall–Kier alpha value is -4.49. The first-order valence-corrected chi connectivity index (χ1v) is 10.0. The largest absolute Gasteiger partial charge is 0.228 e. The lowest BCUT2D eigenvalue weighted by Gasteiger charge is -2.12. The third-order valence-corrected chi connectivity index (χ3v) is 5.18. The van der Waals surface area contributed by atoms with Gasteiger partial charge in [0, 0.05) is 16.7 Å². The highest BCUT2D eigenvalue weighted by molar-refractivity contribution is 6.14. The summed E-state index contributed by atoms with van der Waals surface area (Å²) in [4.78, 5) is 5.07. The van der Waals surface area contributed by atoms with Gasteiger partial charge in [-0.2, -0.15) is 10.4 Å². The van der Waals surface area contributed by atoms with E-state index in [2.05, 4.69) is 11.2 Å². The van der Waals surface area contributed by atoms with Crippen LogP contribution in [-0.4, -0.2) is 15.3 Å². The Kier molecular flexibility index (Phi) is 4.84. The van der Waals surface area contributed by atoms with Crippen LogP contribution >= 0.6 is 0 Å². The van der Waals surface area contributed by atoms with Crippen LogP contribution in [0.2, 0.25) is 0 Å². The number of nitriles is 1. The minimum absolute atomic E-state index is 0.587. The zero-order valence-electron chi connectivity index (χ0n) is 16.7. The number of benzene rings is 3. The Bertz CT molecular complexity index is 1370. The Balaban J connectivity index is 1.80. The van der Waals surface area contributed by atoms with Crippen LogP contribution in [-0.2, 0) is 0 Å². The van der Waals surface area contributed by atoms with Crippen molar-refractivity contribution in [3.05, 3.63) is 126 Å². The number of aromatic nitrogens is 2. The SMILES string of the molecule is N#Cc1c(-c2ccccc2)cc(N=C(c2ccccc2)c2ccccc2)n2nccc12. The van der Waals surface area contributed by atoms with Gasteiger partial charge in [-0.05, 0) is 17.7 Å². The van der Waals surface area contributed by atoms with Crippen LogP contribution < -0.4 is 0 Å². The first-order valence-electron chi connectivity index (χ1n) is 10.0. The molecule has 2 aromatic heterocycles. The molecule has 31 heavy (non-hydrogen) atoms. The minimum Gasteiger partial charge on any atom is -0.228 e. The molecule has 0 saturated heterocycles. The molecule has 0 amide bonds. The monoisotopic (exact) mass is 398 g/mol. The van der Waals surface area contributed by atoms with Crippen molar-refractivity contribution in [1.82, 2.24) is 9.61 Å². The van der Waals surface area contributed by atoms with Crippen LogP contribution in [0.4, 0.5) is 5.82 Å². The summed E-state index contributed by atoms with van der Waals surface area (Å²) < 4.78 is 1.73. The van der Waals surface area contributed by atoms with Crippen molar-refractivity contribution in [3.63, 3.8) is 0 Å². The molecule has 5 rings (SSSR count). The Labute approximate surface area is 180 Å². The number of pyridine rings is 1. The van der Waals surface area contributed by atoms with Crippen LogP contribution in [0.5, 0.6) is 0 Å². The summed E-state index contributed by atoms with van der Waals surface area (Å²) in [6.07, 6.45) is 1.70. The molecular formula is C27H18N4. The molecule has 0 bridgehead atoms. The average Bonchev–Trinajstić information content (AvgIpc) is 3.34. The smallest absolute Gasteiger partial charge is 0.155 e. The molecule has 3 aromatic carbocycles. The summed E-state index contributed by atoms with van der Waals surface area (Å²) in [6.45, 7) is 0. The molecule has 0 fully saturated rings. The van der Waals surface area contributed by atoms with E-state index in [9.17, 15) is 5.26 Å². The maximum atomic E-state index is 9.90. The fourth-order valence-corrected chi connectivity index (χ4v) is 3.72. The van der Waals surface area contributed by atoms with Gasteiger partial charge in [0.1, 0.15) is 6.07 Å². The second kappa shape index (κ2) is 8.10. The van der Waals surface area contributed by atoms with Crippen LogP contribution in [0.1, 0.15) is 16.7 Å². The Morgan fingerprint density at radius 3 is 1.94 bits per heavy atom. The number of aliphatic imine (C=N–C) groups is 1. The van der Waals surface area contributed by atoms with Gasteiger partial charge >= 0.3 is 0 Å². The Morgan fingerprint density at radius 2 is 1.35 bits per heavy atom. The zero-order valence-corrected chi connectivity index (χ0v) is 16.7. The lowest BCUT2D eigenvalue weighted by atomic mass is 10.00. The van der Waals surface area contributed by atoms with Gasteiger partial charge in [-0.1, -0.05) is 91.0 Å². The summed E-state index contributed by atoms with van der Waals surface area (Å²) in [5.74, 6) is 0.667. The van der Waals surface area contributed by atoms with Gasteiger partial charge in [0.25, 0.3) is 0 Å². The molecule has 0 saturated carbocycles. The summed E-state index contributed by atoms with van der Waals surface area (Å²) in [7, 11) is 0. The third kappa shape index (κ3) is 3.50. The van der Waals surface area contributed by atoms with E-state index >= 15 is 0 Å². The fourth-order valence-electron chi connectivity index (χ4n) is 3.72. The highest BCUT2D eigenvalue weighted by atomic mass is 15.3. The van der Waals surface area contributed by atoms with Gasteiger partial charge in [0.15, 0.2) is 5.82 Å². The maximum absolute atomic E-state index is 9.90. The molecule has 0 aliphatic rings. The van der Waals surface area contributed by atoms with E-state index in [4.69, 9.17) is 4.99 Å². The first kappa shape index (κ1) is 18.5. The molecule has 0 atom stereocenters. The average molecular weight is 398 g/mol. The van der Waals surface area contributed by atoms with Gasteiger partial charge in [0.2, 0.25) is 0 Å². The van der Waals surface area contributed by atoms with Gasteiger partial charge in [-0.3, -0.25) is 0 Å². The van der Waals surface area contributed by atoms with E-state index < -0.39 is 0 Å². The molecule has 0 radical (unpaired) electrons. The lowest BCUT2D eigenvalue weighted by molar-refractivity contribution is 0.956. The predicted octanol–water partition coefficient (Wildman–Crippen LogP) is 6.04.